The summed E-state index contributed by atoms with van der Waals surface area (Å²) in [6.45, 7) is 6.05. The molecule has 1 aliphatic rings. The van der Waals surface area contributed by atoms with Gasteiger partial charge in [-0.1, -0.05) is 30.3 Å². The molecule has 126 valence electrons. The van der Waals surface area contributed by atoms with Crippen LogP contribution in [-0.4, -0.2) is 46.4 Å². The molecule has 0 saturated carbocycles. The molecule has 1 aliphatic heterocycles. The van der Waals surface area contributed by atoms with Gasteiger partial charge in [-0.25, -0.2) is 9.59 Å². The summed E-state index contributed by atoms with van der Waals surface area (Å²) in [7, 11) is 0. The van der Waals surface area contributed by atoms with Crippen LogP contribution in [0.2, 0.25) is 0 Å². The average molecular weight is 321 g/mol. The number of amides is 1. The minimum atomic E-state index is -1.04. The number of hydrogen-bond donors (Lipinski definition) is 1. The standard InChI is InChI=1S/C17H23NO5/c1-17(2,3)23-13-9-14(15(19)20)18(10-13)16(21)22-11-12-7-5-4-6-8-12/h4-8,13-14H,9-11H2,1-3H3,(H,19,20)/t13-,14+/m1/s1. The Balaban J connectivity index is 1.97. The van der Waals surface area contributed by atoms with E-state index in [0.717, 1.165) is 5.56 Å². The van der Waals surface area contributed by atoms with Gasteiger partial charge in [0.25, 0.3) is 0 Å². The molecule has 1 saturated heterocycles. The van der Waals surface area contributed by atoms with Crippen LogP contribution in [0.3, 0.4) is 0 Å². The SMILES string of the molecule is CC(C)(C)O[C@@H]1C[C@@H](C(=O)O)N(C(=O)OCc2ccccc2)C1. The van der Waals surface area contributed by atoms with Crippen LogP contribution >= 0.6 is 0 Å². The highest BCUT2D eigenvalue weighted by molar-refractivity contribution is 5.80. The van der Waals surface area contributed by atoms with Gasteiger partial charge in [-0.15, -0.1) is 0 Å². The molecule has 2 atom stereocenters. The Morgan fingerprint density at radius 1 is 1.26 bits per heavy atom. The maximum Gasteiger partial charge on any atom is 0.410 e. The van der Waals surface area contributed by atoms with Crippen molar-refractivity contribution in [3.8, 4) is 0 Å². The molecule has 23 heavy (non-hydrogen) atoms. The topological polar surface area (TPSA) is 76.1 Å². The summed E-state index contributed by atoms with van der Waals surface area (Å²) in [6.07, 6.45) is -0.658. The quantitative estimate of drug-likeness (QED) is 0.922. The molecule has 1 aromatic rings. The van der Waals surface area contributed by atoms with Crippen molar-refractivity contribution in [1.29, 1.82) is 0 Å². The smallest absolute Gasteiger partial charge is 0.410 e. The van der Waals surface area contributed by atoms with Crippen LogP contribution in [0.25, 0.3) is 0 Å². The van der Waals surface area contributed by atoms with Crippen LogP contribution in [0.15, 0.2) is 30.3 Å². The lowest BCUT2D eigenvalue weighted by Crippen LogP contribution is -2.41. The lowest BCUT2D eigenvalue weighted by atomic mass is 10.1. The molecule has 0 aliphatic carbocycles. The maximum absolute atomic E-state index is 12.2. The molecule has 6 heteroatoms. The summed E-state index contributed by atoms with van der Waals surface area (Å²) in [5.41, 5.74) is 0.465. The van der Waals surface area contributed by atoms with E-state index in [-0.39, 0.29) is 25.7 Å². The third-order valence-electron chi connectivity index (χ3n) is 3.51. The highest BCUT2D eigenvalue weighted by Gasteiger charge is 2.42. The van der Waals surface area contributed by atoms with Crippen LogP contribution < -0.4 is 0 Å². The van der Waals surface area contributed by atoms with E-state index in [1.165, 1.54) is 4.90 Å². The summed E-state index contributed by atoms with van der Waals surface area (Å²) < 4.78 is 11.0. The highest BCUT2D eigenvalue weighted by atomic mass is 16.6. The Morgan fingerprint density at radius 2 is 1.91 bits per heavy atom. The van der Waals surface area contributed by atoms with E-state index < -0.39 is 23.7 Å². The minimum absolute atomic E-state index is 0.118. The van der Waals surface area contributed by atoms with Crippen molar-refractivity contribution in [2.45, 2.75) is 51.5 Å². The van der Waals surface area contributed by atoms with Crippen LogP contribution in [0.1, 0.15) is 32.8 Å². The molecular weight excluding hydrogens is 298 g/mol. The van der Waals surface area contributed by atoms with Gasteiger partial charge in [0.05, 0.1) is 18.2 Å². The summed E-state index contributed by atoms with van der Waals surface area (Å²) >= 11 is 0. The van der Waals surface area contributed by atoms with Crippen LogP contribution in [0.4, 0.5) is 4.79 Å². The number of aliphatic carboxylic acids is 1. The van der Waals surface area contributed by atoms with Crippen molar-refractivity contribution in [2.24, 2.45) is 0 Å². The van der Waals surface area contributed by atoms with Crippen molar-refractivity contribution in [1.82, 2.24) is 4.90 Å². The molecule has 0 unspecified atom stereocenters. The van der Waals surface area contributed by atoms with Gasteiger partial charge in [0, 0.05) is 6.42 Å². The number of rotatable bonds is 4. The highest BCUT2D eigenvalue weighted by Crippen LogP contribution is 2.25. The molecule has 2 rings (SSSR count). The molecule has 1 heterocycles. The van der Waals surface area contributed by atoms with Crippen LogP contribution in [0, 0.1) is 0 Å². The maximum atomic E-state index is 12.2. The number of benzene rings is 1. The Kier molecular flexibility index (Phi) is 5.26. The van der Waals surface area contributed by atoms with E-state index in [2.05, 4.69) is 0 Å². The lowest BCUT2D eigenvalue weighted by Gasteiger charge is -2.24. The van der Waals surface area contributed by atoms with Gasteiger partial charge < -0.3 is 14.6 Å². The van der Waals surface area contributed by atoms with Gasteiger partial charge in [0.15, 0.2) is 0 Å². The van der Waals surface area contributed by atoms with Crippen molar-refractivity contribution in [3.05, 3.63) is 35.9 Å². The second kappa shape index (κ2) is 7.00. The van der Waals surface area contributed by atoms with E-state index in [0.29, 0.717) is 0 Å². The van der Waals surface area contributed by atoms with Gasteiger partial charge >= 0.3 is 12.1 Å². The number of carbonyl (C=O) groups is 2. The Morgan fingerprint density at radius 3 is 2.48 bits per heavy atom. The van der Waals surface area contributed by atoms with E-state index in [4.69, 9.17) is 9.47 Å². The van der Waals surface area contributed by atoms with Gasteiger partial charge in [-0.05, 0) is 26.3 Å². The van der Waals surface area contributed by atoms with Gasteiger partial charge in [0.2, 0.25) is 0 Å². The van der Waals surface area contributed by atoms with E-state index >= 15 is 0 Å². The number of carboxylic acids is 1. The molecule has 6 nitrogen and oxygen atoms in total. The summed E-state index contributed by atoms with van der Waals surface area (Å²) in [6, 6.07) is 8.36. The molecule has 1 amide bonds. The zero-order valence-corrected chi connectivity index (χ0v) is 13.7. The fraction of sp³-hybridized carbons (Fsp3) is 0.529. The number of ether oxygens (including phenoxy) is 2. The number of carbonyl (C=O) groups excluding carboxylic acids is 1. The van der Waals surface area contributed by atoms with E-state index in [9.17, 15) is 14.7 Å². The number of hydrogen-bond acceptors (Lipinski definition) is 4. The first-order valence-electron chi connectivity index (χ1n) is 7.64. The Labute approximate surface area is 136 Å². The van der Waals surface area contributed by atoms with E-state index in [1.54, 1.807) is 0 Å². The molecule has 1 fully saturated rings. The van der Waals surface area contributed by atoms with Crippen molar-refractivity contribution < 1.29 is 24.2 Å². The lowest BCUT2D eigenvalue weighted by molar-refractivity contribution is -0.142. The molecular formula is C17H23NO5. The largest absolute Gasteiger partial charge is 0.480 e. The second-order valence-corrected chi connectivity index (χ2v) is 6.63. The number of likely N-dealkylation sites (tertiary alicyclic amines) is 1. The summed E-state index contributed by atoms with van der Waals surface area (Å²) in [4.78, 5) is 24.9. The second-order valence-electron chi connectivity index (χ2n) is 6.63. The van der Waals surface area contributed by atoms with Gasteiger partial charge in [-0.2, -0.15) is 0 Å². The van der Waals surface area contributed by atoms with E-state index in [1.807, 2.05) is 51.1 Å². The van der Waals surface area contributed by atoms with Crippen LogP contribution in [0.5, 0.6) is 0 Å². The third-order valence-corrected chi connectivity index (χ3v) is 3.51. The number of carboxylic acid groups (broad SMARTS) is 1. The summed E-state index contributed by atoms with van der Waals surface area (Å²) in [5, 5.41) is 9.33. The monoisotopic (exact) mass is 321 g/mol. The van der Waals surface area contributed by atoms with Crippen molar-refractivity contribution >= 4 is 12.1 Å². The normalized spacial score (nSPS) is 21.3. The van der Waals surface area contributed by atoms with Crippen LogP contribution in [-0.2, 0) is 20.9 Å². The average Bonchev–Trinajstić information content (AvgIpc) is 2.88. The van der Waals surface area contributed by atoms with Crippen molar-refractivity contribution in [2.75, 3.05) is 6.54 Å². The fourth-order valence-electron chi connectivity index (χ4n) is 2.62. The Bertz CT molecular complexity index is 552. The predicted molar refractivity (Wildman–Crippen MR) is 84.0 cm³/mol. The number of nitrogens with zero attached hydrogens (tertiary/aromatic N) is 1. The molecule has 0 radical (unpaired) electrons. The summed E-state index contributed by atoms with van der Waals surface area (Å²) in [5.74, 6) is -1.04. The fourth-order valence-corrected chi connectivity index (χ4v) is 2.62. The molecule has 1 N–H and O–H groups in total. The minimum Gasteiger partial charge on any atom is -0.480 e. The predicted octanol–water partition coefficient (Wildman–Crippen LogP) is 2.67. The molecule has 0 bridgehead atoms. The first-order chi connectivity index (χ1) is 10.8. The van der Waals surface area contributed by atoms with Gasteiger partial charge in [-0.3, -0.25) is 4.90 Å². The molecule has 1 aromatic carbocycles. The first kappa shape index (κ1) is 17.3. The molecule has 0 spiro atoms. The molecule has 0 aromatic heterocycles. The zero-order valence-electron chi connectivity index (χ0n) is 13.7. The first-order valence-corrected chi connectivity index (χ1v) is 7.64. The van der Waals surface area contributed by atoms with Crippen molar-refractivity contribution in [3.63, 3.8) is 0 Å². The zero-order chi connectivity index (χ0) is 17.0. The van der Waals surface area contributed by atoms with Gasteiger partial charge in [0.1, 0.15) is 12.6 Å². The third kappa shape index (κ3) is 4.96. The Hall–Kier alpha value is -2.08.